The minimum atomic E-state index is -1.14. The quantitative estimate of drug-likeness (QED) is 0.341. The lowest BCUT2D eigenvalue weighted by atomic mass is 10.1. The maximum absolute atomic E-state index is 12.2. The van der Waals surface area contributed by atoms with Gasteiger partial charge in [0.1, 0.15) is 6.73 Å². The molecule has 1 rings (SSSR count). The molecule has 0 aliphatic rings. The topological polar surface area (TPSA) is 70.4 Å². The molecule has 0 aromatic carbocycles. The zero-order valence-corrected chi connectivity index (χ0v) is 17.3. The highest BCUT2D eigenvalue weighted by Crippen LogP contribution is 2.08. The van der Waals surface area contributed by atoms with E-state index in [1.165, 1.54) is 4.68 Å². The van der Waals surface area contributed by atoms with Gasteiger partial charge in [-0.2, -0.15) is 5.10 Å². The second-order valence-electron chi connectivity index (χ2n) is 7.48. The van der Waals surface area contributed by atoms with E-state index in [0.29, 0.717) is 25.2 Å². The first kappa shape index (κ1) is 21.6. The van der Waals surface area contributed by atoms with Crippen LogP contribution < -0.4 is 5.56 Å². The van der Waals surface area contributed by atoms with Crippen molar-refractivity contribution in [3.8, 4) is 0 Å². The summed E-state index contributed by atoms with van der Waals surface area (Å²) in [5.41, 5.74) is 1.42. The Hall–Kier alpha value is -1.47. The number of rotatable bonds is 11. The van der Waals surface area contributed by atoms with E-state index >= 15 is 0 Å². The Balaban J connectivity index is 2.52. The molecule has 0 spiro atoms. The minimum absolute atomic E-state index is 0.108. The average molecular weight is 369 g/mol. The van der Waals surface area contributed by atoms with Crippen molar-refractivity contribution in [1.82, 2.24) is 9.78 Å². The van der Waals surface area contributed by atoms with E-state index in [1.54, 1.807) is 13.8 Å². The lowest BCUT2D eigenvalue weighted by Gasteiger charge is -2.16. The van der Waals surface area contributed by atoms with E-state index < -0.39 is 8.07 Å². The van der Waals surface area contributed by atoms with Gasteiger partial charge in [0.2, 0.25) is 0 Å². The van der Waals surface area contributed by atoms with Crippen LogP contribution in [0, 0.1) is 6.92 Å². The van der Waals surface area contributed by atoms with Crippen LogP contribution >= 0.6 is 0 Å². The molecule has 0 unspecified atom stereocenters. The van der Waals surface area contributed by atoms with Crippen molar-refractivity contribution in [2.24, 2.45) is 0 Å². The lowest BCUT2D eigenvalue weighted by Crippen LogP contribution is -2.28. The predicted octanol–water partition coefficient (Wildman–Crippen LogP) is 3.14. The summed E-state index contributed by atoms with van der Waals surface area (Å²) >= 11 is 0. The molecule has 1 aromatic rings. The van der Waals surface area contributed by atoms with E-state index in [0.717, 1.165) is 31.0 Å². The minimum Gasteiger partial charge on any atom is -0.466 e. The fourth-order valence-electron chi connectivity index (χ4n) is 2.29. The summed E-state index contributed by atoms with van der Waals surface area (Å²) in [7, 11) is -1.14. The van der Waals surface area contributed by atoms with E-state index in [1.807, 2.05) is 6.07 Å². The first-order chi connectivity index (χ1) is 11.7. The molecule has 0 bridgehead atoms. The molecule has 25 heavy (non-hydrogen) atoms. The maximum Gasteiger partial charge on any atom is 0.305 e. The van der Waals surface area contributed by atoms with Crippen molar-refractivity contribution in [1.29, 1.82) is 0 Å². The second kappa shape index (κ2) is 10.5. The molecule has 0 atom stereocenters. The predicted molar refractivity (Wildman–Crippen MR) is 102 cm³/mol. The SMILES string of the molecule is CCOC(=O)CCCCc1cc(C)c(=O)n(COCC[Si](C)(C)C)n1. The Kier molecular flexibility index (Phi) is 9.06. The van der Waals surface area contributed by atoms with Crippen LogP contribution in [0.1, 0.15) is 37.4 Å². The second-order valence-corrected chi connectivity index (χ2v) is 13.1. The van der Waals surface area contributed by atoms with Crippen LogP contribution in [-0.4, -0.2) is 37.0 Å². The summed E-state index contributed by atoms with van der Waals surface area (Å²) in [4.78, 5) is 23.5. The summed E-state index contributed by atoms with van der Waals surface area (Å²) in [5.74, 6) is -0.160. The van der Waals surface area contributed by atoms with Gasteiger partial charge in [0.05, 0.1) is 12.3 Å². The molecule has 1 aromatic heterocycles. The fraction of sp³-hybridized carbons (Fsp3) is 0.722. The molecule has 0 aliphatic heterocycles. The van der Waals surface area contributed by atoms with Crippen molar-refractivity contribution in [2.45, 2.75) is 71.9 Å². The van der Waals surface area contributed by atoms with Crippen LogP contribution in [0.3, 0.4) is 0 Å². The Morgan fingerprint density at radius 2 is 2.00 bits per heavy atom. The van der Waals surface area contributed by atoms with Gasteiger partial charge in [0, 0.05) is 26.7 Å². The monoisotopic (exact) mass is 368 g/mol. The average Bonchev–Trinajstić information content (AvgIpc) is 2.51. The van der Waals surface area contributed by atoms with E-state index in [2.05, 4.69) is 24.7 Å². The van der Waals surface area contributed by atoms with Crippen LogP contribution in [0.15, 0.2) is 10.9 Å². The van der Waals surface area contributed by atoms with Crippen molar-refractivity contribution < 1.29 is 14.3 Å². The number of carbonyl (C=O) groups is 1. The number of nitrogens with zero attached hydrogens (tertiary/aromatic N) is 2. The van der Waals surface area contributed by atoms with Crippen LogP contribution in [0.5, 0.6) is 0 Å². The number of ether oxygens (including phenoxy) is 2. The highest BCUT2D eigenvalue weighted by Gasteiger charge is 2.12. The normalized spacial score (nSPS) is 11.6. The smallest absolute Gasteiger partial charge is 0.305 e. The molecule has 0 saturated heterocycles. The maximum atomic E-state index is 12.2. The van der Waals surface area contributed by atoms with Crippen LogP contribution in [0.25, 0.3) is 0 Å². The highest BCUT2D eigenvalue weighted by molar-refractivity contribution is 6.76. The van der Waals surface area contributed by atoms with Gasteiger partial charge < -0.3 is 9.47 Å². The molecule has 0 fully saturated rings. The zero-order chi connectivity index (χ0) is 18.9. The number of hydrogen-bond donors (Lipinski definition) is 0. The van der Waals surface area contributed by atoms with Gasteiger partial charge in [-0.3, -0.25) is 9.59 Å². The number of carbonyl (C=O) groups excluding carboxylic acids is 1. The number of esters is 1. The van der Waals surface area contributed by atoms with Gasteiger partial charge in [-0.05, 0) is 45.2 Å². The summed E-state index contributed by atoms with van der Waals surface area (Å²) < 4.78 is 12.0. The molecule has 142 valence electrons. The first-order valence-electron chi connectivity index (χ1n) is 9.04. The molecule has 1 heterocycles. The molecule has 0 aliphatic carbocycles. The third-order valence-corrected chi connectivity index (χ3v) is 5.49. The summed E-state index contributed by atoms with van der Waals surface area (Å²) in [6, 6.07) is 2.89. The van der Waals surface area contributed by atoms with E-state index in [-0.39, 0.29) is 18.3 Å². The fourth-order valence-corrected chi connectivity index (χ4v) is 3.05. The molecule has 0 saturated carbocycles. The number of unbranched alkanes of at least 4 members (excludes halogenated alkanes) is 1. The molecule has 6 nitrogen and oxygen atoms in total. The molecular formula is C18H32N2O4Si. The third kappa shape index (κ3) is 8.97. The van der Waals surface area contributed by atoms with Crippen LogP contribution in [-0.2, 0) is 27.4 Å². The Labute approximate surface area is 151 Å². The van der Waals surface area contributed by atoms with Gasteiger partial charge >= 0.3 is 5.97 Å². The van der Waals surface area contributed by atoms with Gasteiger partial charge in [-0.25, -0.2) is 4.68 Å². The van der Waals surface area contributed by atoms with Gasteiger partial charge in [0.25, 0.3) is 5.56 Å². The Morgan fingerprint density at radius 3 is 2.64 bits per heavy atom. The molecule has 0 N–H and O–H groups in total. The molecular weight excluding hydrogens is 336 g/mol. The van der Waals surface area contributed by atoms with E-state index in [4.69, 9.17) is 9.47 Å². The van der Waals surface area contributed by atoms with Crippen molar-refractivity contribution >= 4 is 14.0 Å². The van der Waals surface area contributed by atoms with Crippen LogP contribution in [0.4, 0.5) is 0 Å². The first-order valence-corrected chi connectivity index (χ1v) is 12.7. The third-order valence-electron chi connectivity index (χ3n) is 3.78. The highest BCUT2D eigenvalue weighted by atomic mass is 28.3. The van der Waals surface area contributed by atoms with E-state index in [9.17, 15) is 9.59 Å². The number of aryl methyl sites for hydroxylation is 2. The molecule has 0 radical (unpaired) electrons. The van der Waals surface area contributed by atoms with Gasteiger partial charge in [0.15, 0.2) is 0 Å². The molecule has 7 heteroatoms. The zero-order valence-electron chi connectivity index (χ0n) is 16.3. The lowest BCUT2D eigenvalue weighted by molar-refractivity contribution is -0.143. The van der Waals surface area contributed by atoms with Crippen LogP contribution in [0.2, 0.25) is 25.7 Å². The van der Waals surface area contributed by atoms with Gasteiger partial charge in [-0.1, -0.05) is 19.6 Å². The Morgan fingerprint density at radius 1 is 1.28 bits per heavy atom. The van der Waals surface area contributed by atoms with Crippen molar-refractivity contribution in [3.05, 3.63) is 27.7 Å². The number of aromatic nitrogens is 2. The largest absolute Gasteiger partial charge is 0.466 e. The summed E-state index contributed by atoms with van der Waals surface area (Å²) in [6.45, 7) is 11.8. The molecule has 0 amide bonds. The standard InChI is InChI=1S/C18H32N2O4Si/c1-6-24-17(21)10-8-7-9-16-13-15(2)18(22)20(19-16)14-23-11-12-25(3,4)5/h13H,6-12,14H2,1-5H3. The van der Waals surface area contributed by atoms with Gasteiger partial charge in [-0.15, -0.1) is 0 Å². The van der Waals surface area contributed by atoms with Crippen molar-refractivity contribution in [2.75, 3.05) is 13.2 Å². The summed E-state index contributed by atoms with van der Waals surface area (Å²) in [5, 5.41) is 4.39. The summed E-state index contributed by atoms with van der Waals surface area (Å²) in [6.07, 6.45) is 2.74. The van der Waals surface area contributed by atoms with Crippen molar-refractivity contribution in [3.63, 3.8) is 0 Å². The number of hydrogen-bond acceptors (Lipinski definition) is 5. The Bertz CT molecular complexity index is 608.